The van der Waals surface area contributed by atoms with Crippen molar-refractivity contribution in [3.8, 4) is 16.9 Å². The highest BCUT2D eigenvalue weighted by Crippen LogP contribution is 2.28. The molecule has 0 atom stereocenters. The van der Waals surface area contributed by atoms with Gasteiger partial charge in [0.15, 0.2) is 6.29 Å². The summed E-state index contributed by atoms with van der Waals surface area (Å²) in [6.45, 7) is 0. The van der Waals surface area contributed by atoms with Crippen molar-refractivity contribution in [2.45, 2.75) is 0 Å². The van der Waals surface area contributed by atoms with Gasteiger partial charge in [-0.15, -0.1) is 0 Å². The summed E-state index contributed by atoms with van der Waals surface area (Å²) in [5.74, 6) is 0.676. The second kappa shape index (κ2) is 5.13. The first-order chi connectivity index (χ1) is 9.81. The van der Waals surface area contributed by atoms with Gasteiger partial charge < -0.3 is 4.74 Å². The first-order valence-electron chi connectivity index (χ1n) is 6.30. The highest BCUT2D eigenvalue weighted by atomic mass is 16.5. The van der Waals surface area contributed by atoms with E-state index in [1.807, 2.05) is 42.5 Å². The fourth-order valence-corrected chi connectivity index (χ4v) is 2.26. The summed E-state index contributed by atoms with van der Waals surface area (Å²) in [5, 5.41) is 1.08. The Kier molecular flexibility index (Phi) is 3.17. The van der Waals surface area contributed by atoms with Crippen LogP contribution in [0.3, 0.4) is 0 Å². The molecule has 1 heterocycles. The Balaban J connectivity index is 2.17. The van der Waals surface area contributed by atoms with Crippen molar-refractivity contribution < 1.29 is 9.53 Å². The largest absolute Gasteiger partial charge is 0.497 e. The average molecular weight is 263 g/mol. The number of carbonyl (C=O) groups excluding carboxylic acids is 1. The summed E-state index contributed by atoms with van der Waals surface area (Å²) in [6.07, 6.45) is 2.61. The van der Waals surface area contributed by atoms with Gasteiger partial charge in [-0.3, -0.25) is 9.78 Å². The summed E-state index contributed by atoms with van der Waals surface area (Å²) in [4.78, 5) is 15.6. The molecule has 0 aliphatic carbocycles. The molecule has 20 heavy (non-hydrogen) atoms. The Labute approximate surface area is 116 Å². The number of rotatable bonds is 3. The highest BCUT2D eigenvalue weighted by Gasteiger charge is 2.07. The topological polar surface area (TPSA) is 39.2 Å². The number of hydrogen-bond donors (Lipinski definition) is 0. The number of hydrogen-bond acceptors (Lipinski definition) is 3. The number of aldehydes is 1. The van der Waals surface area contributed by atoms with Gasteiger partial charge in [-0.05, 0) is 41.5 Å². The highest BCUT2D eigenvalue weighted by molar-refractivity contribution is 5.91. The van der Waals surface area contributed by atoms with Crippen molar-refractivity contribution in [2.24, 2.45) is 0 Å². The molecular weight excluding hydrogens is 250 g/mol. The van der Waals surface area contributed by atoms with Gasteiger partial charge in [-0.25, -0.2) is 0 Å². The number of pyridine rings is 1. The van der Waals surface area contributed by atoms with Crippen molar-refractivity contribution in [2.75, 3.05) is 7.11 Å². The fraction of sp³-hybridized carbons (Fsp3) is 0.0588. The van der Waals surface area contributed by atoms with E-state index in [1.165, 1.54) is 0 Å². The Morgan fingerprint density at radius 3 is 2.80 bits per heavy atom. The second-order valence-corrected chi connectivity index (χ2v) is 4.48. The zero-order valence-electron chi connectivity index (χ0n) is 11.0. The number of carbonyl (C=O) groups is 1. The third-order valence-electron chi connectivity index (χ3n) is 3.30. The van der Waals surface area contributed by atoms with E-state index in [2.05, 4.69) is 4.98 Å². The smallest absolute Gasteiger partial charge is 0.150 e. The molecule has 0 amide bonds. The molecule has 0 aliphatic heterocycles. The number of benzene rings is 2. The standard InChI is InChI=1S/C17H13NO2/c1-20-15-6-7-16(14(9-15)11-19)13-5-4-12-3-2-8-18-17(12)10-13/h2-11H,1H3. The number of fused-ring (bicyclic) bond motifs is 1. The van der Waals surface area contributed by atoms with E-state index in [0.29, 0.717) is 11.3 Å². The minimum Gasteiger partial charge on any atom is -0.497 e. The van der Waals surface area contributed by atoms with Gasteiger partial charge in [0.25, 0.3) is 0 Å². The molecule has 2 aromatic carbocycles. The van der Waals surface area contributed by atoms with E-state index >= 15 is 0 Å². The van der Waals surface area contributed by atoms with Gasteiger partial charge in [-0.2, -0.15) is 0 Å². The molecule has 3 heteroatoms. The molecule has 0 spiro atoms. The van der Waals surface area contributed by atoms with Crippen LogP contribution in [0.15, 0.2) is 54.7 Å². The van der Waals surface area contributed by atoms with Crippen LogP contribution in [0.1, 0.15) is 10.4 Å². The molecule has 0 saturated carbocycles. The maximum absolute atomic E-state index is 11.3. The summed E-state index contributed by atoms with van der Waals surface area (Å²) in [5.41, 5.74) is 3.38. The van der Waals surface area contributed by atoms with E-state index < -0.39 is 0 Å². The number of ether oxygens (including phenoxy) is 1. The average Bonchev–Trinajstić information content (AvgIpc) is 2.53. The first kappa shape index (κ1) is 12.4. The lowest BCUT2D eigenvalue weighted by Crippen LogP contribution is -1.91. The monoisotopic (exact) mass is 263 g/mol. The zero-order chi connectivity index (χ0) is 13.9. The molecule has 0 radical (unpaired) electrons. The molecule has 3 rings (SSSR count). The molecule has 1 aromatic heterocycles. The first-order valence-corrected chi connectivity index (χ1v) is 6.30. The molecule has 0 unspecified atom stereocenters. The van der Waals surface area contributed by atoms with Gasteiger partial charge in [-0.1, -0.05) is 18.2 Å². The minimum absolute atomic E-state index is 0.611. The minimum atomic E-state index is 0.611. The van der Waals surface area contributed by atoms with E-state index in [0.717, 1.165) is 28.3 Å². The van der Waals surface area contributed by atoms with Crippen LogP contribution in [-0.4, -0.2) is 18.4 Å². The van der Waals surface area contributed by atoms with Crippen molar-refractivity contribution in [1.29, 1.82) is 0 Å². The van der Waals surface area contributed by atoms with Gasteiger partial charge in [0.2, 0.25) is 0 Å². The van der Waals surface area contributed by atoms with Gasteiger partial charge >= 0.3 is 0 Å². The van der Waals surface area contributed by atoms with Gasteiger partial charge in [0, 0.05) is 17.1 Å². The van der Waals surface area contributed by atoms with Crippen molar-refractivity contribution in [3.63, 3.8) is 0 Å². The maximum atomic E-state index is 11.3. The molecular formula is C17H13NO2. The Morgan fingerprint density at radius 2 is 2.00 bits per heavy atom. The van der Waals surface area contributed by atoms with Crippen LogP contribution in [-0.2, 0) is 0 Å². The van der Waals surface area contributed by atoms with Crippen LogP contribution in [0.25, 0.3) is 22.0 Å². The molecule has 0 bridgehead atoms. The van der Waals surface area contributed by atoms with Gasteiger partial charge in [0.1, 0.15) is 5.75 Å². The Hall–Kier alpha value is -2.68. The summed E-state index contributed by atoms with van der Waals surface area (Å²) >= 11 is 0. The fourth-order valence-electron chi connectivity index (χ4n) is 2.26. The molecule has 0 aliphatic rings. The van der Waals surface area contributed by atoms with Gasteiger partial charge in [0.05, 0.1) is 12.6 Å². The molecule has 0 fully saturated rings. The predicted octanol–water partition coefficient (Wildman–Crippen LogP) is 3.72. The van der Waals surface area contributed by atoms with E-state index in [-0.39, 0.29) is 0 Å². The third kappa shape index (κ3) is 2.14. The van der Waals surface area contributed by atoms with E-state index in [9.17, 15) is 4.79 Å². The summed E-state index contributed by atoms with van der Waals surface area (Å²) < 4.78 is 5.15. The van der Waals surface area contributed by atoms with Crippen LogP contribution >= 0.6 is 0 Å². The van der Waals surface area contributed by atoms with Crippen LogP contribution < -0.4 is 4.74 Å². The van der Waals surface area contributed by atoms with Crippen LogP contribution in [0, 0.1) is 0 Å². The molecule has 0 saturated heterocycles. The van der Waals surface area contributed by atoms with E-state index in [4.69, 9.17) is 4.74 Å². The van der Waals surface area contributed by atoms with Crippen molar-refractivity contribution in [3.05, 3.63) is 60.3 Å². The molecule has 3 nitrogen and oxygen atoms in total. The lowest BCUT2D eigenvalue weighted by Gasteiger charge is -2.08. The number of aromatic nitrogens is 1. The SMILES string of the molecule is COc1ccc(-c2ccc3cccnc3c2)c(C=O)c1. The summed E-state index contributed by atoms with van der Waals surface area (Å²) in [6, 6.07) is 15.4. The van der Waals surface area contributed by atoms with E-state index in [1.54, 1.807) is 19.4 Å². The number of nitrogens with zero attached hydrogens (tertiary/aromatic N) is 1. The lowest BCUT2D eigenvalue weighted by atomic mass is 9.99. The van der Waals surface area contributed by atoms with Crippen molar-refractivity contribution >= 4 is 17.2 Å². The molecule has 98 valence electrons. The zero-order valence-corrected chi connectivity index (χ0v) is 11.0. The third-order valence-corrected chi connectivity index (χ3v) is 3.30. The summed E-state index contributed by atoms with van der Waals surface area (Å²) in [7, 11) is 1.59. The van der Waals surface area contributed by atoms with Crippen molar-refractivity contribution in [1.82, 2.24) is 4.98 Å². The lowest BCUT2D eigenvalue weighted by molar-refractivity contribution is 0.112. The molecule has 3 aromatic rings. The Morgan fingerprint density at radius 1 is 1.10 bits per heavy atom. The second-order valence-electron chi connectivity index (χ2n) is 4.48. The maximum Gasteiger partial charge on any atom is 0.150 e. The van der Waals surface area contributed by atoms with Crippen LogP contribution in [0.2, 0.25) is 0 Å². The quantitative estimate of drug-likeness (QED) is 0.676. The van der Waals surface area contributed by atoms with Crippen LogP contribution in [0.5, 0.6) is 5.75 Å². The normalized spacial score (nSPS) is 10.4. The molecule has 0 N–H and O–H groups in total. The number of methoxy groups -OCH3 is 1. The predicted molar refractivity (Wildman–Crippen MR) is 79.1 cm³/mol. The van der Waals surface area contributed by atoms with Crippen LogP contribution in [0.4, 0.5) is 0 Å². The Bertz CT molecular complexity index is 781.